The maximum Gasteiger partial charge on any atom is 0.326 e. The van der Waals surface area contributed by atoms with E-state index in [0.717, 1.165) is 19.3 Å². The first kappa shape index (κ1) is 31.6. The lowest BCUT2D eigenvalue weighted by Crippen LogP contribution is -2.50. The zero-order chi connectivity index (χ0) is 28.5. The summed E-state index contributed by atoms with van der Waals surface area (Å²) in [5.41, 5.74) is 5.56. The van der Waals surface area contributed by atoms with Crippen molar-refractivity contribution in [2.24, 2.45) is 0 Å². The highest BCUT2D eigenvalue weighted by Crippen LogP contribution is 2.40. The lowest BCUT2D eigenvalue weighted by molar-refractivity contribution is -0.149. The molecule has 0 fully saturated rings. The molecule has 0 spiro atoms. The molecular weight excluding hydrogens is 513 g/mol. The number of fused-ring (bicyclic) bond motifs is 1. The highest BCUT2D eigenvalue weighted by atomic mass is 31.2. The van der Waals surface area contributed by atoms with Crippen LogP contribution in [0.5, 0.6) is 0 Å². The van der Waals surface area contributed by atoms with Crippen LogP contribution in [0, 0.1) is 0 Å². The number of carbonyl (C=O) groups excluding carboxylic acids is 2. The standard InChI is InChI=1S/C24H42N7O6P/c1-8-9-10-11-35-23(33)24(6,7)30-38(34,29-18(5)22(32)37-16(2)3)15-36-17(4)12-31-14-28-19-20(25)26-13-27-21(19)31/h13-14,16-18H,8-12,15H2,1-7H3,(H2,25,26,27)(H2,29,30,34)/t17?,18?,38-/m1/s1. The van der Waals surface area contributed by atoms with E-state index < -0.39 is 37.1 Å². The van der Waals surface area contributed by atoms with Crippen LogP contribution in [-0.2, 0) is 34.9 Å². The lowest BCUT2D eigenvalue weighted by atomic mass is 10.1. The van der Waals surface area contributed by atoms with E-state index in [0.29, 0.717) is 17.7 Å². The second-order valence-electron chi connectivity index (χ2n) is 10.1. The van der Waals surface area contributed by atoms with Crippen LogP contribution in [0.3, 0.4) is 0 Å². The number of esters is 2. The molecule has 0 bridgehead atoms. The van der Waals surface area contributed by atoms with Gasteiger partial charge in [0.25, 0.3) is 0 Å². The van der Waals surface area contributed by atoms with Gasteiger partial charge in [0.15, 0.2) is 11.5 Å². The SMILES string of the molecule is CCCCCOC(=O)C(C)(C)N[P@@](=O)(COC(C)Cn1cnc2c(N)ncnc21)NC(C)C(=O)OC(C)C. The molecule has 4 N–H and O–H groups in total. The van der Waals surface area contributed by atoms with Crippen LogP contribution < -0.4 is 15.9 Å². The van der Waals surface area contributed by atoms with E-state index in [4.69, 9.17) is 19.9 Å². The number of anilines is 1. The van der Waals surface area contributed by atoms with Gasteiger partial charge in [-0.3, -0.25) is 14.2 Å². The number of nitrogens with two attached hydrogens (primary N) is 1. The summed E-state index contributed by atoms with van der Waals surface area (Å²) >= 11 is 0. The Morgan fingerprint density at radius 1 is 1.16 bits per heavy atom. The zero-order valence-electron chi connectivity index (χ0n) is 23.4. The van der Waals surface area contributed by atoms with Crippen LogP contribution >= 0.6 is 7.44 Å². The topological polar surface area (TPSA) is 173 Å². The third kappa shape index (κ3) is 9.30. The van der Waals surface area contributed by atoms with E-state index in [1.165, 1.54) is 6.33 Å². The van der Waals surface area contributed by atoms with E-state index >= 15 is 0 Å². The number of carbonyl (C=O) groups is 2. The summed E-state index contributed by atoms with van der Waals surface area (Å²) in [5.74, 6) is -0.855. The van der Waals surface area contributed by atoms with Crippen molar-refractivity contribution in [3.05, 3.63) is 12.7 Å². The second-order valence-corrected chi connectivity index (χ2v) is 12.3. The fourth-order valence-electron chi connectivity index (χ4n) is 3.59. The Bertz CT molecular complexity index is 1120. The lowest BCUT2D eigenvalue weighted by Gasteiger charge is -2.32. The van der Waals surface area contributed by atoms with Gasteiger partial charge in [-0.25, -0.2) is 25.1 Å². The third-order valence-electron chi connectivity index (χ3n) is 5.48. The van der Waals surface area contributed by atoms with Crippen LogP contribution in [0.15, 0.2) is 12.7 Å². The average Bonchev–Trinajstić information content (AvgIpc) is 3.23. The molecule has 0 radical (unpaired) electrons. The molecule has 0 saturated carbocycles. The van der Waals surface area contributed by atoms with Crippen molar-refractivity contribution in [1.29, 1.82) is 0 Å². The van der Waals surface area contributed by atoms with Crippen LogP contribution in [0.4, 0.5) is 5.82 Å². The quantitative estimate of drug-likeness (QED) is 0.157. The minimum Gasteiger partial charge on any atom is -0.464 e. The number of hydrogen-bond acceptors (Lipinski definition) is 10. The summed E-state index contributed by atoms with van der Waals surface area (Å²) in [6, 6.07) is -0.928. The Balaban J connectivity index is 2.14. The van der Waals surface area contributed by atoms with Gasteiger partial charge in [-0.15, -0.1) is 0 Å². The molecule has 0 amide bonds. The molecular formula is C24H42N7O6P. The van der Waals surface area contributed by atoms with Crippen molar-refractivity contribution in [3.63, 3.8) is 0 Å². The summed E-state index contributed by atoms with van der Waals surface area (Å²) in [6.07, 6.45) is 4.50. The van der Waals surface area contributed by atoms with Gasteiger partial charge in [-0.2, -0.15) is 0 Å². The first-order valence-corrected chi connectivity index (χ1v) is 14.7. The Kier molecular flexibility index (Phi) is 11.6. The molecule has 0 aliphatic rings. The summed E-state index contributed by atoms with van der Waals surface area (Å²) < 4.78 is 32.4. The third-order valence-corrected chi connectivity index (χ3v) is 7.72. The fraction of sp³-hybridized carbons (Fsp3) is 0.708. The number of imidazole rings is 1. The number of unbranched alkanes of at least 4 members (excludes halogenated alkanes) is 2. The van der Waals surface area contributed by atoms with E-state index in [1.807, 2.05) is 0 Å². The van der Waals surface area contributed by atoms with Crippen molar-refractivity contribution >= 4 is 36.4 Å². The van der Waals surface area contributed by atoms with Crippen LogP contribution in [0.25, 0.3) is 11.2 Å². The number of nitrogen functional groups attached to an aromatic ring is 1. The van der Waals surface area contributed by atoms with Crippen molar-refractivity contribution in [2.45, 2.75) is 98.1 Å². The molecule has 0 aliphatic heterocycles. The van der Waals surface area contributed by atoms with Crippen LogP contribution in [0.2, 0.25) is 0 Å². The molecule has 14 heteroatoms. The number of nitrogens with one attached hydrogen (secondary N) is 2. The second kappa shape index (κ2) is 14.0. The molecule has 13 nitrogen and oxygen atoms in total. The smallest absolute Gasteiger partial charge is 0.326 e. The Morgan fingerprint density at radius 3 is 2.53 bits per heavy atom. The summed E-state index contributed by atoms with van der Waals surface area (Å²) in [7, 11) is -3.69. The average molecular weight is 556 g/mol. The molecule has 214 valence electrons. The highest BCUT2D eigenvalue weighted by Gasteiger charge is 2.39. The van der Waals surface area contributed by atoms with Crippen molar-refractivity contribution < 1.29 is 28.4 Å². The Labute approximate surface area is 224 Å². The van der Waals surface area contributed by atoms with Gasteiger partial charge in [0, 0.05) is 0 Å². The largest absolute Gasteiger partial charge is 0.464 e. The van der Waals surface area contributed by atoms with E-state index in [9.17, 15) is 14.2 Å². The van der Waals surface area contributed by atoms with Gasteiger partial charge >= 0.3 is 11.9 Å². The molecule has 38 heavy (non-hydrogen) atoms. The van der Waals surface area contributed by atoms with Gasteiger partial charge < -0.3 is 24.5 Å². The minimum atomic E-state index is -3.69. The normalized spacial score (nSPS) is 15.3. The van der Waals surface area contributed by atoms with Crippen molar-refractivity contribution in [3.8, 4) is 0 Å². The van der Waals surface area contributed by atoms with Gasteiger partial charge in [0.05, 0.1) is 31.7 Å². The number of rotatable bonds is 16. The van der Waals surface area contributed by atoms with Gasteiger partial charge in [-0.1, -0.05) is 19.8 Å². The minimum absolute atomic E-state index is 0.270. The molecule has 0 aliphatic carbocycles. The predicted octanol–water partition coefficient (Wildman–Crippen LogP) is 3.00. The Morgan fingerprint density at radius 2 is 1.87 bits per heavy atom. The predicted molar refractivity (Wildman–Crippen MR) is 144 cm³/mol. The molecule has 0 saturated heterocycles. The van der Waals surface area contributed by atoms with Crippen LogP contribution in [0.1, 0.15) is 67.7 Å². The number of aromatic nitrogens is 4. The Hall–Kier alpha value is -2.60. The van der Waals surface area contributed by atoms with Crippen molar-refractivity contribution in [2.75, 3.05) is 18.7 Å². The van der Waals surface area contributed by atoms with E-state index in [2.05, 4.69) is 32.1 Å². The van der Waals surface area contributed by atoms with Crippen molar-refractivity contribution in [1.82, 2.24) is 29.7 Å². The molecule has 2 unspecified atom stereocenters. The number of hydrogen-bond donors (Lipinski definition) is 3. The number of nitrogens with zero attached hydrogens (tertiary/aromatic N) is 4. The molecule has 0 aromatic carbocycles. The first-order chi connectivity index (χ1) is 17.8. The zero-order valence-corrected chi connectivity index (χ0v) is 24.3. The van der Waals surface area contributed by atoms with E-state index in [1.54, 1.807) is 52.4 Å². The molecule has 2 aromatic heterocycles. The molecule has 2 rings (SSSR count). The summed E-state index contributed by atoms with van der Waals surface area (Å²) in [5, 5.41) is 5.70. The van der Waals surface area contributed by atoms with E-state index in [-0.39, 0.29) is 24.9 Å². The summed E-state index contributed by atoms with van der Waals surface area (Å²) in [4.78, 5) is 37.6. The molecule has 2 heterocycles. The van der Waals surface area contributed by atoms with Crippen LogP contribution in [-0.4, -0.2) is 68.2 Å². The molecule has 2 aromatic rings. The maximum atomic E-state index is 14.1. The maximum absolute atomic E-state index is 14.1. The first-order valence-electron chi connectivity index (χ1n) is 12.8. The van der Waals surface area contributed by atoms with Gasteiger partial charge in [0.1, 0.15) is 29.8 Å². The van der Waals surface area contributed by atoms with Gasteiger partial charge in [0.2, 0.25) is 7.44 Å². The fourth-order valence-corrected chi connectivity index (χ4v) is 5.98. The molecule has 3 atom stereocenters. The number of ether oxygens (including phenoxy) is 3. The summed E-state index contributed by atoms with van der Waals surface area (Å²) in [6.45, 7) is 12.6. The highest BCUT2D eigenvalue weighted by molar-refractivity contribution is 7.59. The monoisotopic (exact) mass is 555 g/mol. The van der Waals surface area contributed by atoms with Gasteiger partial charge in [-0.05, 0) is 48.0 Å².